The highest BCUT2D eigenvalue weighted by atomic mass is 16.5. The summed E-state index contributed by atoms with van der Waals surface area (Å²) in [6, 6.07) is 7.65. The number of aliphatic hydroxyl groups is 1. The molecule has 0 aliphatic carbocycles. The van der Waals surface area contributed by atoms with Crippen LogP contribution in [0.3, 0.4) is 0 Å². The van der Waals surface area contributed by atoms with Crippen LogP contribution in [0.4, 0.5) is 11.4 Å². The molecule has 2 amide bonds. The number of aromatic nitrogens is 2. The molecule has 3 aromatic rings. The summed E-state index contributed by atoms with van der Waals surface area (Å²) in [4.78, 5) is 59.3. The summed E-state index contributed by atoms with van der Waals surface area (Å²) in [6.45, 7) is 28.1. The van der Waals surface area contributed by atoms with Crippen molar-refractivity contribution in [2.75, 3.05) is 122 Å². The first-order valence-corrected chi connectivity index (χ1v) is 29.6. The molecule has 7 atom stereocenters. The Morgan fingerprint density at radius 3 is 2.47 bits per heavy atom. The maximum Gasteiger partial charge on any atom is 0.260 e. The van der Waals surface area contributed by atoms with Gasteiger partial charge < -0.3 is 48.7 Å². The summed E-state index contributed by atoms with van der Waals surface area (Å²) in [5, 5.41) is 17.2. The van der Waals surface area contributed by atoms with E-state index in [0.29, 0.717) is 58.8 Å². The molecule has 3 N–H and O–H groups in total. The summed E-state index contributed by atoms with van der Waals surface area (Å²) < 4.78 is 20.6. The zero-order valence-corrected chi connectivity index (χ0v) is 48.7. The van der Waals surface area contributed by atoms with Crippen LogP contribution in [-0.4, -0.2) is 195 Å². The molecule has 6 saturated heterocycles. The van der Waals surface area contributed by atoms with Gasteiger partial charge in [-0.1, -0.05) is 41.0 Å². The summed E-state index contributed by atoms with van der Waals surface area (Å²) in [5.74, 6) is -0.266. The van der Waals surface area contributed by atoms with Crippen molar-refractivity contribution >= 4 is 40.4 Å². The van der Waals surface area contributed by atoms with E-state index in [0.717, 1.165) is 143 Å². The third-order valence-corrected chi connectivity index (χ3v) is 18.0. The number of hydrogen-bond acceptors (Lipinski definition) is 14. The molecule has 0 radical (unpaired) electrons. The van der Waals surface area contributed by atoms with Gasteiger partial charge in [-0.05, 0) is 115 Å². The van der Waals surface area contributed by atoms with E-state index in [1.807, 2.05) is 20.0 Å². The summed E-state index contributed by atoms with van der Waals surface area (Å²) in [7, 11) is 3.92. The lowest BCUT2D eigenvalue weighted by Crippen LogP contribution is -2.73. The van der Waals surface area contributed by atoms with Gasteiger partial charge in [-0.2, -0.15) is 0 Å². The molecule has 0 saturated carbocycles. The second-order valence-electron chi connectivity index (χ2n) is 23.9. The number of amides is 2. The number of fused-ring (bicyclic) bond motifs is 2. The second-order valence-corrected chi connectivity index (χ2v) is 23.9. The quantitative estimate of drug-likeness (QED) is 0.0934. The number of aryl methyl sites for hydroxylation is 1. The first-order valence-electron chi connectivity index (χ1n) is 29.6. The largest absolute Gasteiger partial charge is 0.395 e. The number of piperidine rings is 1. The fraction of sp³-hybridized carbons (Fsp3) is 0.733. The van der Waals surface area contributed by atoms with Crippen molar-refractivity contribution in [3.63, 3.8) is 0 Å². The van der Waals surface area contributed by atoms with E-state index < -0.39 is 12.1 Å². The highest BCUT2D eigenvalue weighted by Crippen LogP contribution is 2.44. The number of aliphatic hydroxyl groups excluding tert-OH is 1. The normalized spacial score (nSPS) is 24.4. The maximum absolute atomic E-state index is 15.2. The average molecular weight is 1070 g/mol. The number of hydrogen-bond donors (Lipinski definition) is 3. The Morgan fingerprint density at radius 1 is 1.05 bits per heavy atom. The highest BCUT2D eigenvalue weighted by Gasteiger charge is 2.54. The number of piperazine rings is 1. The monoisotopic (exact) mass is 1070 g/mol. The lowest BCUT2D eigenvalue weighted by Gasteiger charge is -2.58. The van der Waals surface area contributed by atoms with Gasteiger partial charge in [0.2, 0.25) is 5.91 Å². The van der Waals surface area contributed by atoms with Crippen molar-refractivity contribution in [2.24, 2.45) is 16.7 Å². The highest BCUT2D eigenvalue weighted by molar-refractivity contribution is 5.95. The average Bonchev–Trinajstić information content (AvgIpc) is 3.83. The van der Waals surface area contributed by atoms with Gasteiger partial charge in [0.1, 0.15) is 12.3 Å². The van der Waals surface area contributed by atoms with Crippen molar-refractivity contribution in [2.45, 2.75) is 156 Å². The molecule has 6 aliphatic heterocycles. The molecular formula is C60H100N10O7. The van der Waals surface area contributed by atoms with Gasteiger partial charge in [-0.25, -0.2) is 5.43 Å². The molecular weight excluding hydrogens is 973 g/mol. The maximum atomic E-state index is 15.2. The molecule has 1 spiro atoms. The summed E-state index contributed by atoms with van der Waals surface area (Å²) >= 11 is 0. The van der Waals surface area contributed by atoms with Crippen LogP contribution in [0, 0.1) is 16.7 Å². The fourth-order valence-corrected chi connectivity index (χ4v) is 13.3. The van der Waals surface area contributed by atoms with Crippen LogP contribution >= 0.6 is 0 Å². The molecule has 17 heteroatoms. The topological polar surface area (TPSA) is 160 Å². The van der Waals surface area contributed by atoms with Crippen LogP contribution in [0.5, 0.6) is 0 Å². The number of methoxy groups -OCH3 is 1. The van der Waals surface area contributed by atoms with Gasteiger partial charge in [0.05, 0.1) is 67.9 Å². The molecule has 0 bridgehead atoms. The molecule has 2 aromatic heterocycles. The minimum Gasteiger partial charge on any atom is -0.395 e. The molecule has 17 nitrogen and oxygen atoms in total. The number of ether oxygens (including phenoxy) is 3. The Balaban J connectivity index is 0.00000249. The third kappa shape index (κ3) is 13.0. The van der Waals surface area contributed by atoms with E-state index in [-0.39, 0.29) is 62.3 Å². The zero-order valence-electron chi connectivity index (χ0n) is 48.7. The van der Waals surface area contributed by atoms with E-state index in [2.05, 4.69) is 113 Å². The number of anilines is 2. The number of carbonyl (C=O) groups excluding carboxylic acids is 3. The van der Waals surface area contributed by atoms with Crippen LogP contribution in [0.25, 0.3) is 22.2 Å². The molecule has 8 heterocycles. The van der Waals surface area contributed by atoms with Gasteiger partial charge >= 0.3 is 0 Å². The number of hydrazine groups is 1. The van der Waals surface area contributed by atoms with Gasteiger partial charge in [0.25, 0.3) is 5.91 Å². The molecule has 9 rings (SSSR count). The van der Waals surface area contributed by atoms with E-state index >= 15 is 9.59 Å². The Kier molecular flexibility index (Phi) is 20.2. The number of aldehydes is 1. The van der Waals surface area contributed by atoms with E-state index in [4.69, 9.17) is 19.2 Å². The standard InChI is InChI=1S/C58H90N10O7.C2H6.2H2/c1-9-66-49-17-16-43(31-46(49)48(33-57(5,6)19-14-29-69)54(66)47-32-45(34-59-51(47)42(4)73-8)64-26-24-62(7)25-27-64)63(28-30-70)23-18-50(65-36-58(37-65)38-74-39-58)52(56(72)68-22-13-11-20-60-68)61-55(71)53-40(2)41(3)75-35-44-15-10-12-21-67(44)53;1-2;;/h16-17,29,31-32,34,40-42,44,50,52-53,60,70H,9-15,18-28,30,33,35-39H2,1-8H3,(H,61,71);1-2H3;2*1H/t40?,41?,42-,44-,50+,52-,53-;;;/m0.../s1. The third-order valence-electron chi connectivity index (χ3n) is 18.0. The van der Waals surface area contributed by atoms with Gasteiger partial charge in [-0.15, -0.1) is 0 Å². The number of likely N-dealkylation sites (tertiary alicyclic amines) is 1. The molecule has 77 heavy (non-hydrogen) atoms. The lowest BCUT2D eigenvalue weighted by molar-refractivity contribution is -0.202. The first kappa shape index (κ1) is 58.9. The number of carbonyl (C=O) groups is 3. The van der Waals surface area contributed by atoms with E-state index in [1.54, 1.807) is 12.1 Å². The van der Waals surface area contributed by atoms with Crippen LogP contribution in [0.2, 0.25) is 0 Å². The van der Waals surface area contributed by atoms with Crippen LogP contribution in [-0.2, 0) is 41.6 Å². The molecule has 6 fully saturated rings. The predicted octanol–water partition coefficient (Wildman–Crippen LogP) is 7.03. The number of nitrogens with zero attached hydrogens (tertiary/aromatic N) is 8. The molecule has 6 aliphatic rings. The first-order chi connectivity index (χ1) is 37.2. The number of nitrogens with one attached hydrogen (secondary N) is 2. The van der Waals surface area contributed by atoms with Crippen LogP contribution in [0.15, 0.2) is 30.5 Å². The molecule has 1 aromatic carbocycles. The smallest absolute Gasteiger partial charge is 0.260 e. The Labute approximate surface area is 463 Å². The minimum atomic E-state index is -0.810. The van der Waals surface area contributed by atoms with Crippen molar-refractivity contribution < 1.29 is 36.6 Å². The Bertz CT molecular complexity index is 2440. The van der Waals surface area contributed by atoms with Crippen molar-refractivity contribution in [1.82, 2.24) is 40.0 Å². The number of rotatable bonds is 21. The summed E-state index contributed by atoms with van der Waals surface area (Å²) in [6.07, 6.45) is 10.2. The van der Waals surface area contributed by atoms with Crippen molar-refractivity contribution in [3.8, 4) is 11.3 Å². The minimum absolute atomic E-state index is 0. The predicted molar refractivity (Wildman–Crippen MR) is 310 cm³/mol. The summed E-state index contributed by atoms with van der Waals surface area (Å²) in [5.41, 5.74) is 10.7. The Morgan fingerprint density at radius 2 is 1.81 bits per heavy atom. The van der Waals surface area contributed by atoms with Crippen molar-refractivity contribution in [1.29, 1.82) is 0 Å². The van der Waals surface area contributed by atoms with E-state index in [1.165, 1.54) is 5.56 Å². The molecule has 2 unspecified atom stereocenters. The van der Waals surface area contributed by atoms with Gasteiger partial charge in [0, 0.05) is 134 Å². The zero-order chi connectivity index (χ0) is 55.0. The van der Waals surface area contributed by atoms with Crippen LogP contribution in [0.1, 0.15) is 127 Å². The van der Waals surface area contributed by atoms with Gasteiger partial charge in [0.15, 0.2) is 0 Å². The van der Waals surface area contributed by atoms with Crippen molar-refractivity contribution in [3.05, 3.63) is 41.7 Å². The number of benzene rings is 1. The second kappa shape index (κ2) is 26.4. The van der Waals surface area contributed by atoms with Gasteiger partial charge in [-0.3, -0.25) is 29.4 Å². The lowest BCUT2D eigenvalue weighted by atomic mass is 9.76. The fourth-order valence-electron chi connectivity index (χ4n) is 13.3. The SMILES string of the molecule is CC.CCn1c(-c2cc(N3CCN(C)CC3)cnc2[C@H](C)OC)c(CC(C)(C)CCC=O)c2cc(N(CCO)CC[C@H]([C@H](NC(=O)[C@@H]3C(C)C(C)OC[C@@H]4CCCCN43)C(=O)N3CCCCN3)N3CC4(COC4)C3)ccc21.[HH].[HH]. The number of likely N-dealkylation sites (N-methyl/N-ethyl adjacent to an activating group) is 1. The van der Waals surface area contributed by atoms with E-state index in [9.17, 15) is 9.90 Å². The molecule has 432 valence electrons. The Hall–Kier alpha value is -4.20. The number of pyridine rings is 1. The van der Waals surface area contributed by atoms with Crippen LogP contribution < -0.4 is 20.5 Å².